The Balaban J connectivity index is 1.36. The lowest BCUT2D eigenvalue weighted by atomic mass is 9.88. The molecule has 7 heteroatoms. The van der Waals surface area contributed by atoms with E-state index >= 15 is 0 Å². The summed E-state index contributed by atoms with van der Waals surface area (Å²) >= 11 is 1.71. The maximum Gasteiger partial charge on any atom is 0.263 e. The Morgan fingerprint density at radius 2 is 1.72 bits per heavy atom. The van der Waals surface area contributed by atoms with Crippen LogP contribution < -0.4 is 10.5 Å². The molecule has 2 aromatic rings. The first-order chi connectivity index (χ1) is 14.1. The van der Waals surface area contributed by atoms with Crippen LogP contribution in [0.5, 0.6) is 0 Å². The number of aromatic nitrogens is 2. The fourth-order valence-corrected chi connectivity index (χ4v) is 6.54. The van der Waals surface area contributed by atoms with E-state index in [2.05, 4.69) is 4.90 Å². The molecule has 156 valence electrons. The number of anilines is 1. The lowest BCUT2D eigenvalue weighted by Gasteiger charge is -2.37. The van der Waals surface area contributed by atoms with Crippen molar-refractivity contribution in [3.63, 3.8) is 0 Å². The lowest BCUT2D eigenvalue weighted by Crippen LogP contribution is -2.51. The molecule has 0 radical (unpaired) electrons. The maximum absolute atomic E-state index is 13.1. The van der Waals surface area contributed by atoms with Gasteiger partial charge in [-0.15, -0.1) is 11.3 Å². The minimum atomic E-state index is 0.0881. The van der Waals surface area contributed by atoms with Gasteiger partial charge in [0.2, 0.25) is 11.9 Å². The predicted octanol–water partition coefficient (Wildman–Crippen LogP) is 3.10. The smallest absolute Gasteiger partial charge is 0.263 e. The predicted molar refractivity (Wildman–Crippen MR) is 117 cm³/mol. The molecule has 2 fully saturated rings. The van der Waals surface area contributed by atoms with E-state index in [-0.39, 0.29) is 11.5 Å². The molecule has 29 heavy (non-hydrogen) atoms. The number of carbonyl (C=O) groups excluding carboxylic acids is 1. The Morgan fingerprint density at radius 1 is 1.00 bits per heavy atom. The number of aryl methyl sites for hydroxylation is 2. The van der Waals surface area contributed by atoms with Crippen LogP contribution in [0.1, 0.15) is 55.4 Å². The molecule has 1 saturated heterocycles. The second-order valence-corrected chi connectivity index (χ2v) is 9.90. The molecule has 3 aliphatic rings. The zero-order chi connectivity index (χ0) is 20.0. The number of hydrogen-bond donors (Lipinski definition) is 0. The zero-order valence-electron chi connectivity index (χ0n) is 17.3. The second kappa shape index (κ2) is 7.74. The van der Waals surface area contributed by atoms with Gasteiger partial charge in [-0.25, -0.2) is 4.98 Å². The summed E-state index contributed by atoms with van der Waals surface area (Å²) in [5.74, 6) is 1.32. The molecule has 0 aromatic carbocycles. The first-order valence-corrected chi connectivity index (χ1v) is 12.0. The van der Waals surface area contributed by atoms with Crippen molar-refractivity contribution in [1.29, 1.82) is 0 Å². The van der Waals surface area contributed by atoms with Crippen molar-refractivity contribution in [3.05, 3.63) is 20.8 Å². The van der Waals surface area contributed by atoms with Crippen molar-refractivity contribution in [2.75, 3.05) is 31.1 Å². The summed E-state index contributed by atoms with van der Waals surface area (Å²) in [5, 5.41) is 0.849. The number of fused-ring (bicyclic) bond motifs is 3. The minimum absolute atomic E-state index is 0.0881. The molecular weight excluding hydrogens is 384 g/mol. The largest absolute Gasteiger partial charge is 0.339 e. The summed E-state index contributed by atoms with van der Waals surface area (Å²) in [6, 6.07) is 0. The van der Waals surface area contributed by atoms with Gasteiger partial charge >= 0.3 is 0 Å². The highest BCUT2D eigenvalue weighted by Gasteiger charge is 2.30. The fraction of sp³-hybridized carbons (Fsp3) is 0.682. The first kappa shape index (κ1) is 19.1. The SMILES string of the molecule is Cn1c(N2CCN(C(=O)C3CCCCC3)CC2)nc2sc3c(c2c1=O)CCCC3. The van der Waals surface area contributed by atoms with E-state index in [4.69, 9.17) is 4.98 Å². The van der Waals surface area contributed by atoms with E-state index < -0.39 is 0 Å². The molecule has 0 spiro atoms. The summed E-state index contributed by atoms with van der Waals surface area (Å²) in [4.78, 5) is 37.4. The highest BCUT2D eigenvalue weighted by atomic mass is 32.1. The van der Waals surface area contributed by atoms with Crippen molar-refractivity contribution in [3.8, 4) is 0 Å². The fourth-order valence-electron chi connectivity index (χ4n) is 5.29. The third-order valence-electron chi connectivity index (χ3n) is 7.00. The Labute approximate surface area is 175 Å². The van der Waals surface area contributed by atoms with Crippen LogP contribution in [0, 0.1) is 5.92 Å². The van der Waals surface area contributed by atoms with Gasteiger partial charge in [-0.05, 0) is 44.1 Å². The standard InChI is InChI=1S/C22H30N4O2S/c1-24-21(28)18-16-9-5-6-10-17(16)29-19(18)23-22(24)26-13-11-25(12-14-26)20(27)15-7-3-2-4-8-15/h15H,2-14H2,1H3. The van der Waals surface area contributed by atoms with Crippen LogP contribution in [-0.4, -0.2) is 46.5 Å². The van der Waals surface area contributed by atoms with Gasteiger partial charge in [-0.3, -0.25) is 14.2 Å². The van der Waals surface area contributed by atoms with Gasteiger partial charge in [0.25, 0.3) is 5.56 Å². The second-order valence-electron chi connectivity index (χ2n) is 8.81. The molecular formula is C22H30N4O2S. The molecule has 1 amide bonds. The van der Waals surface area contributed by atoms with Crippen molar-refractivity contribution >= 4 is 33.4 Å². The molecule has 5 rings (SSSR count). The van der Waals surface area contributed by atoms with Gasteiger partial charge in [0, 0.05) is 44.0 Å². The Hall–Kier alpha value is -1.89. The average Bonchev–Trinajstić information content (AvgIpc) is 3.15. The maximum atomic E-state index is 13.1. The number of amides is 1. The van der Waals surface area contributed by atoms with Crippen LogP contribution in [0.15, 0.2) is 4.79 Å². The summed E-state index contributed by atoms with van der Waals surface area (Å²) < 4.78 is 1.72. The number of nitrogens with zero attached hydrogens (tertiary/aromatic N) is 4. The van der Waals surface area contributed by atoms with E-state index in [1.165, 1.54) is 42.5 Å². The summed E-state index contributed by atoms with van der Waals surface area (Å²) in [6.45, 7) is 2.94. The van der Waals surface area contributed by atoms with Crippen LogP contribution in [0.25, 0.3) is 10.2 Å². The lowest BCUT2D eigenvalue weighted by molar-refractivity contribution is -0.136. The van der Waals surface area contributed by atoms with Crippen LogP contribution in [0.3, 0.4) is 0 Å². The van der Waals surface area contributed by atoms with Gasteiger partial charge in [-0.2, -0.15) is 0 Å². The van der Waals surface area contributed by atoms with Gasteiger partial charge in [0.15, 0.2) is 0 Å². The van der Waals surface area contributed by atoms with Crippen LogP contribution >= 0.6 is 11.3 Å². The van der Waals surface area contributed by atoms with E-state index in [0.717, 1.165) is 68.0 Å². The van der Waals surface area contributed by atoms with Gasteiger partial charge in [0.1, 0.15) is 4.83 Å². The molecule has 0 bridgehead atoms. The monoisotopic (exact) mass is 414 g/mol. The highest BCUT2D eigenvalue weighted by Crippen LogP contribution is 2.34. The van der Waals surface area contributed by atoms with Gasteiger partial charge < -0.3 is 9.80 Å². The van der Waals surface area contributed by atoms with E-state index in [1.807, 2.05) is 11.9 Å². The van der Waals surface area contributed by atoms with Crippen LogP contribution in [0.2, 0.25) is 0 Å². The number of piperazine rings is 1. The molecule has 0 atom stereocenters. The third-order valence-corrected chi connectivity index (χ3v) is 8.19. The van der Waals surface area contributed by atoms with Gasteiger partial charge in [-0.1, -0.05) is 19.3 Å². The number of hydrogen-bond acceptors (Lipinski definition) is 5. The minimum Gasteiger partial charge on any atom is -0.339 e. The Kier molecular flexibility index (Phi) is 5.10. The average molecular weight is 415 g/mol. The number of thiophene rings is 1. The molecule has 2 aliphatic carbocycles. The molecule has 6 nitrogen and oxygen atoms in total. The van der Waals surface area contributed by atoms with Gasteiger partial charge in [0.05, 0.1) is 5.39 Å². The zero-order valence-corrected chi connectivity index (χ0v) is 18.1. The quantitative estimate of drug-likeness (QED) is 0.758. The molecule has 0 unspecified atom stereocenters. The normalized spacial score (nSPS) is 20.9. The molecule has 0 N–H and O–H groups in total. The third kappa shape index (κ3) is 3.37. The van der Waals surface area contributed by atoms with Crippen molar-refractivity contribution in [1.82, 2.24) is 14.5 Å². The van der Waals surface area contributed by atoms with Crippen molar-refractivity contribution in [2.45, 2.75) is 57.8 Å². The number of carbonyl (C=O) groups is 1. The topological polar surface area (TPSA) is 58.4 Å². The van der Waals surface area contributed by atoms with E-state index in [9.17, 15) is 9.59 Å². The van der Waals surface area contributed by atoms with Crippen molar-refractivity contribution < 1.29 is 4.79 Å². The Bertz CT molecular complexity index is 981. The van der Waals surface area contributed by atoms with E-state index in [1.54, 1.807) is 15.9 Å². The number of rotatable bonds is 2. The molecule has 2 aromatic heterocycles. The summed E-state index contributed by atoms with van der Waals surface area (Å²) in [7, 11) is 1.84. The highest BCUT2D eigenvalue weighted by molar-refractivity contribution is 7.18. The van der Waals surface area contributed by atoms with Crippen LogP contribution in [-0.2, 0) is 24.7 Å². The molecule has 1 saturated carbocycles. The molecule has 3 heterocycles. The summed E-state index contributed by atoms with van der Waals surface area (Å²) in [6.07, 6.45) is 10.2. The Morgan fingerprint density at radius 3 is 2.48 bits per heavy atom. The first-order valence-electron chi connectivity index (χ1n) is 11.2. The molecule has 1 aliphatic heterocycles. The van der Waals surface area contributed by atoms with Crippen LogP contribution in [0.4, 0.5) is 5.95 Å². The summed E-state index contributed by atoms with van der Waals surface area (Å²) in [5.41, 5.74) is 1.34. The van der Waals surface area contributed by atoms with E-state index in [0.29, 0.717) is 5.91 Å². The van der Waals surface area contributed by atoms with Crippen molar-refractivity contribution in [2.24, 2.45) is 13.0 Å².